The fourth-order valence-corrected chi connectivity index (χ4v) is 5.04. The number of ether oxygens (including phenoxy) is 3. The molecule has 1 saturated carbocycles. The summed E-state index contributed by atoms with van der Waals surface area (Å²) in [6.45, 7) is 0.197. The number of carbonyl (C=O) groups is 1. The van der Waals surface area contributed by atoms with Crippen molar-refractivity contribution in [3.05, 3.63) is 70.3 Å². The Balaban J connectivity index is 1.75. The molecule has 8 heteroatoms. The van der Waals surface area contributed by atoms with E-state index in [1.165, 1.54) is 4.57 Å². The molecule has 2 heterocycles. The Bertz CT molecular complexity index is 1460. The average Bonchev–Trinajstić information content (AvgIpc) is 3.53. The highest BCUT2D eigenvalue weighted by Gasteiger charge is 2.24. The quantitative estimate of drug-likeness (QED) is 0.437. The van der Waals surface area contributed by atoms with Gasteiger partial charge < -0.3 is 23.9 Å². The fourth-order valence-electron chi connectivity index (χ4n) is 5.04. The van der Waals surface area contributed by atoms with Gasteiger partial charge in [0.05, 0.1) is 33.4 Å². The SMILES string of the molecule is COc1ccccc1Cn1c(C(=O)NC2CCCC2)cn2c(cc3c(OC)ccc(OC)c32)c1=O. The number of hydrogen-bond acceptors (Lipinski definition) is 5. The molecule has 4 aromatic rings. The number of methoxy groups -OCH3 is 3. The summed E-state index contributed by atoms with van der Waals surface area (Å²) in [5, 5.41) is 3.87. The van der Waals surface area contributed by atoms with Crippen molar-refractivity contribution >= 4 is 22.3 Å². The lowest BCUT2D eigenvalue weighted by Gasteiger charge is -2.18. The van der Waals surface area contributed by atoms with Crippen LogP contribution in [0.4, 0.5) is 0 Å². The van der Waals surface area contributed by atoms with E-state index in [4.69, 9.17) is 14.2 Å². The number of rotatable bonds is 7. The van der Waals surface area contributed by atoms with Crippen LogP contribution in [0.2, 0.25) is 0 Å². The van der Waals surface area contributed by atoms with Crippen molar-refractivity contribution in [2.75, 3.05) is 21.3 Å². The Kier molecular flexibility index (Phi) is 6.11. The Morgan fingerprint density at radius 2 is 1.66 bits per heavy atom. The zero-order valence-electron chi connectivity index (χ0n) is 20.2. The van der Waals surface area contributed by atoms with E-state index >= 15 is 0 Å². The van der Waals surface area contributed by atoms with Crippen LogP contribution in [0.25, 0.3) is 16.4 Å². The molecule has 1 N–H and O–H groups in total. The molecule has 2 aromatic heterocycles. The molecule has 0 saturated heterocycles. The van der Waals surface area contributed by atoms with Crippen molar-refractivity contribution in [1.82, 2.24) is 14.3 Å². The van der Waals surface area contributed by atoms with Gasteiger partial charge in [-0.3, -0.25) is 14.2 Å². The molecule has 1 aliphatic carbocycles. The lowest BCUT2D eigenvalue weighted by Crippen LogP contribution is -2.38. The number of hydrogen-bond donors (Lipinski definition) is 1. The van der Waals surface area contributed by atoms with Crippen LogP contribution in [0.3, 0.4) is 0 Å². The van der Waals surface area contributed by atoms with E-state index in [1.54, 1.807) is 44.1 Å². The van der Waals surface area contributed by atoms with Gasteiger partial charge in [-0.05, 0) is 37.1 Å². The molecule has 2 aromatic carbocycles. The Hall–Kier alpha value is -3.94. The van der Waals surface area contributed by atoms with Gasteiger partial charge in [0, 0.05) is 23.2 Å². The van der Waals surface area contributed by atoms with Crippen LogP contribution in [0.5, 0.6) is 17.2 Å². The topological polar surface area (TPSA) is 83.2 Å². The number of aromatic nitrogens is 2. The first-order valence-corrected chi connectivity index (χ1v) is 11.8. The molecular weight excluding hydrogens is 446 g/mol. The summed E-state index contributed by atoms with van der Waals surface area (Å²) < 4.78 is 19.9. The molecule has 8 nitrogen and oxygen atoms in total. The molecule has 0 radical (unpaired) electrons. The van der Waals surface area contributed by atoms with Crippen LogP contribution in [0.15, 0.2) is 53.5 Å². The van der Waals surface area contributed by atoms with Crippen LogP contribution in [0, 0.1) is 0 Å². The van der Waals surface area contributed by atoms with E-state index in [2.05, 4.69) is 5.32 Å². The second-order valence-electron chi connectivity index (χ2n) is 8.80. The van der Waals surface area contributed by atoms with Gasteiger partial charge in [-0.15, -0.1) is 0 Å². The van der Waals surface area contributed by atoms with Crippen LogP contribution in [0.1, 0.15) is 41.7 Å². The van der Waals surface area contributed by atoms with Gasteiger partial charge in [0.1, 0.15) is 28.5 Å². The molecule has 0 spiro atoms. The minimum absolute atomic E-state index is 0.115. The number of benzene rings is 2. The number of fused-ring (bicyclic) bond motifs is 3. The van der Waals surface area contributed by atoms with Crippen molar-refractivity contribution in [2.45, 2.75) is 38.3 Å². The predicted molar refractivity (Wildman–Crippen MR) is 134 cm³/mol. The van der Waals surface area contributed by atoms with Gasteiger partial charge in [-0.2, -0.15) is 0 Å². The summed E-state index contributed by atoms with van der Waals surface area (Å²) in [6, 6.07) is 13.0. The number of carbonyl (C=O) groups excluding carboxylic acids is 1. The van der Waals surface area contributed by atoms with E-state index in [1.807, 2.05) is 30.3 Å². The van der Waals surface area contributed by atoms with E-state index < -0.39 is 0 Å². The number of nitrogens with one attached hydrogen (secondary N) is 1. The van der Waals surface area contributed by atoms with Gasteiger partial charge in [-0.1, -0.05) is 31.0 Å². The lowest BCUT2D eigenvalue weighted by atomic mass is 10.2. The maximum absolute atomic E-state index is 13.9. The van der Waals surface area contributed by atoms with Crippen molar-refractivity contribution in [3.8, 4) is 17.2 Å². The number of para-hydroxylation sites is 1. The molecule has 1 fully saturated rings. The van der Waals surface area contributed by atoms with Crippen molar-refractivity contribution in [1.29, 1.82) is 0 Å². The van der Waals surface area contributed by atoms with E-state index in [9.17, 15) is 9.59 Å². The second-order valence-corrected chi connectivity index (χ2v) is 8.80. The van der Waals surface area contributed by atoms with Crippen molar-refractivity contribution < 1.29 is 19.0 Å². The Labute approximate surface area is 203 Å². The zero-order valence-corrected chi connectivity index (χ0v) is 20.2. The number of nitrogens with zero attached hydrogens (tertiary/aromatic N) is 2. The van der Waals surface area contributed by atoms with Crippen LogP contribution < -0.4 is 25.1 Å². The first-order valence-electron chi connectivity index (χ1n) is 11.8. The molecule has 0 atom stereocenters. The lowest BCUT2D eigenvalue weighted by molar-refractivity contribution is 0.0927. The van der Waals surface area contributed by atoms with E-state index in [-0.39, 0.29) is 29.7 Å². The van der Waals surface area contributed by atoms with Crippen LogP contribution in [-0.4, -0.2) is 42.2 Å². The largest absolute Gasteiger partial charge is 0.496 e. The molecular formula is C27H29N3O5. The highest BCUT2D eigenvalue weighted by Crippen LogP contribution is 2.35. The molecule has 0 aliphatic heterocycles. The molecule has 0 unspecified atom stereocenters. The van der Waals surface area contributed by atoms with Gasteiger partial charge in [0.15, 0.2) is 0 Å². The third kappa shape index (κ3) is 3.99. The zero-order chi connectivity index (χ0) is 24.5. The summed E-state index contributed by atoms with van der Waals surface area (Å²) in [5.41, 5.74) is 1.91. The third-order valence-electron chi connectivity index (χ3n) is 6.81. The molecule has 5 rings (SSSR count). The van der Waals surface area contributed by atoms with Crippen molar-refractivity contribution in [3.63, 3.8) is 0 Å². The fraction of sp³-hybridized carbons (Fsp3) is 0.333. The minimum Gasteiger partial charge on any atom is -0.496 e. The highest BCUT2D eigenvalue weighted by molar-refractivity contribution is 5.98. The monoisotopic (exact) mass is 475 g/mol. The summed E-state index contributed by atoms with van der Waals surface area (Å²) in [6.07, 6.45) is 5.81. The summed E-state index contributed by atoms with van der Waals surface area (Å²) in [4.78, 5) is 27.4. The molecule has 182 valence electrons. The van der Waals surface area contributed by atoms with Crippen molar-refractivity contribution in [2.24, 2.45) is 0 Å². The second kappa shape index (κ2) is 9.37. The summed E-state index contributed by atoms with van der Waals surface area (Å²) in [5.74, 6) is 1.60. The highest BCUT2D eigenvalue weighted by atomic mass is 16.5. The normalized spacial score (nSPS) is 13.9. The third-order valence-corrected chi connectivity index (χ3v) is 6.81. The molecule has 1 aliphatic rings. The van der Waals surface area contributed by atoms with Gasteiger partial charge in [-0.25, -0.2) is 0 Å². The van der Waals surface area contributed by atoms with Crippen LogP contribution in [-0.2, 0) is 6.54 Å². The Morgan fingerprint density at radius 3 is 2.37 bits per heavy atom. The number of amides is 1. The molecule has 35 heavy (non-hydrogen) atoms. The van der Waals surface area contributed by atoms with Gasteiger partial charge >= 0.3 is 0 Å². The van der Waals surface area contributed by atoms with Gasteiger partial charge in [0.2, 0.25) is 0 Å². The van der Waals surface area contributed by atoms with E-state index in [0.29, 0.717) is 28.3 Å². The first kappa shape index (κ1) is 22.8. The average molecular weight is 476 g/mol. The predicted octanol–water partition coefficient (Wildman–Crippen LogP) is 4.00. The first-order chi connectivity index (χ1) is 17.0. The van der Waals surface area contributed by atoms with Crippen LogP contribution >= 0.6 is 0 Å². The smallest absolute Gasteiger partial charge is 0.275 e. The standard InChI is InChI=1S/C27H29N3O5/c1-33-22-11-7-4-8-17(22)15-30-21(26(31)28-18-9-5-6-10-18)16-29-20(27(30)32)14-19-23(34-2)12-13-24(35-3)25(19)29/h4,7-8,11-14,16,18H,5-6,9-10,15H2,1-3H3,(H,28,31). The summed E-state index contributed by atoms with van der Waals surface area (Å²) in [7, 11) is 4.76. The maximum atomic E-state index is 13.9. The molecule has 1 amide bonds. The van der Waals surface area contributed by atoms with E-state index in [0.717, 1.165) is 36.6 Å². The summed E-state index contributed by atoms with van der Waals surface area (Å²) >= 11 is 0. The van der Waals surface area contributed by atoms with Gasteiger partial charge in [0.25, 0.3) is 11.5 Å². The molecule has 0 bridgehead atoms. The maximum Gasteiger partial charge on any atom is 0.275 e. The minimum atomic E-state index is -0.282. The Morgan fingerprint density at radius 1 is 0.971 bits per heavy atom.